The Balaban J connectivity index is 1.97. The predicted octanol–water partition coefficient (Wildman–Crippen LogP) is -2.06. The monoisotopic (exact) mass is 256 g/mol. The summed E-state index contributed by atoms with van der Waals surface area (Å²) in [5.74, 6) is 4.73. The third-order valence-corrected chi connectivity index (χ3v) is 0.597. The SMILES string of the molecule is N[NH][Po][NH2]. The number of hydrazine groups is 1. The molecule has 0 unspecified atom stereocenters. The molecule has 0 rings (SSSR count). The first-order valence-corrected chi connectivity index (χ1v) is 4.15. The molecule has 0 saturated heterocycles. The zero-order chi connectivity index (χ0) is 3.41. The van der Waals surface area contributed by atoms with Gasteiger partial charge in [-0.15, -0.1) is 0 Å². The Morgan fingerprint density at radius 1 is 1.75 bits per heavy atom. The van der Waals surface area contributed by atoms with Crippen LogP contribution in [0.1, 0.15) is 0 Å². The van der Waals surface area contributed by atoms with Gasteiger partial charge >= 0.3 is 37.0 Å². The molecule has 0 fully saturated rings. The Morgan fingerprint density at radius 2 is 2.00 bits per heavy atom. The van der Waals surface area contributed by atoms with Gasteiger partial charge in [0.15, 0.2) is 0 Å². The van der Waals surface area contributed by atoms with Gasteiger partial charge in [0.05, 0.1) is 0 Å². The van der Waals surface area contributed by atoms with E-state index in [1.165, 1.54) is 0 Å². The predicted molar refractivity (Wildman–Crippen MR) is 17.3 cm³/mol. The number of hydrogen-bond donors (Lipinski definition) is 3. The average molecular weight is 256 g/mol. The Hall–Kier alpha value is 0.776. The minimum absolute atomic E-state index is 0.727. The van der Waals surface area contributed by atoms with E-state index in [0.29, 0.717) is 0 Å². The van der Waals surface area contributed by atoms with Crippen molar-refractivity contribution in [3.05, 3.63) is 0 Å². The van der Waals surface area contributed by atoms with Crippen LogP contribution >= 0.6 is 0 Å². The van der Waals surface area contributed by atoms with Crippen molar-refractivity contribution in [2.45, 2.75) is 0 Å². The Morgan fingerprint density at radius 3 is 2.00 bits per heavy atom. The van der Waals surface area contributed by atoms with Crippen molar-refractivity contribution in [2.75, 3.05) is 0 Å². The van der Waals surface area contributed by atoms with Crippen molar-refractivity contribution in [1.29, 1.82) is 0 Å². The first-order valence-electron chi connectivity index (χ1n) is 0.729. The van der Waals surface area contributed by atoms with Crippen molar-refractivity contribution in [3.8, 4) is 0 Å². The van der Waals surface area contributed by atoms with Gasteiger partial charge in [-0.25, -0.2) is 0 Å². The third kappa shape index (κ3) is 2.78. The molecule has 0 aromatic carbocycles. The van der Waals surface area contributed by atoms with Crippen LogP contribution in [0, 0.1) is 0 Å². The maximum absolute atomic E-state index is 4.96. The summed E-state index contributed by atoms with van der Waals surface area (Å²) in [6.45, 7) is 0. The van der Waals surface area contributed by atoms with Crippen LogP contribution in [0.5, 0.6) is 0 Å². The molecule has 4 heavy (non-hydrogen) atoms. The Bertz CT molecular complexity index is 5.25. The van der Waals surface area contributed by atoms with Gasteiger partial charge in [0.2, 0.25) is 0 Å². The van der Waals surface area contributed by atoms with E-state index in [2.05, 4.69) is 3.33 Å². The van der Waals surface area contributed by atoms with Crippen molar-refractivity contribution in [3.63, 3.8) is 0 Å². The number of hydrogen-bond acceptors (Lipinski definition) is 3. The van der Waals surface area contributed by atoms with Crippen molar-refractivity contribution < 1.29 is 0 Å². The van der Waals surface area contributed by atoms with E-state index in [9.17, 15) is 0 Å². The van der Waals surface area contributed by atoms with Crippen LogP contribution in [0.2, 0.25) is 0 Å². The summed E-state index contributed by atoms with van der Waals surface area (Å²) in [7, 11) is 0. The Kier molecular flexibility index (Phi) is 4.51. The zero-order valence-electron chi connectivity index (χ0n) is 2.06. The quantitative estimate of drug-likeness (QED) is 0.373. The summed E-state index contributed by atoms with van der Waals surface area (Å²) in [5, 5.41) is 0. The molecule has 0 bridgehead atoms. The zero-order valence-corrected chi connectivity index (χ0v) is 5.24. The van der Waals surface area contributed by atoms with E-state index in [-0.39, 0.29) is 0 Å². The molecule has 26 valence electrons. The molecule has 3 nitrogen and oxygen atoms in total. The standard InChI is InChI=1S/H3N2.H2N.Po/c1-2;;/h1H,2H2;1H2;/q2*-1;+2. The number of nitrogens with one attached hydrogen (secondary N) is 1. The third-order valence-electron chi connectivity index (χ3n) is 0.0680. The molecule has 0 saturated carbocycles. The van der Waals surface area contributed by atoms with Crippen LogP contribution in [0.4, 0.5) is 0 Å². The molecule has 5 N–H and O–H groups in total. The number of rotatable bonds is 1. The molecule has 0 aromatic rings. The van der Waals surface area contributed by atoms with Crippen LogP contribution < -0.4 is 12.8 Å². The second-order valence-corrected chi connectivity index (χ2v) is 2.07. The number of nitrogens with two attached hydrogens (primary N) is 2. The molecule has 0 radical (unpaired) electrons. The maximum atomic E-state index is 4.96. The molecular formula is H5N3Po. The van der Waals surface area contributed by atoms with Crippen LogP contribution in [0.25, 0.3) is 0 Å². The van der Waals surface area contributed by atoms with Crippen molar-refractivity contribution in [2.24, 2.45) is 9.48 Å². The van der Waals surface area contributed by atoms with Gasteiger partial charge in [0, 0.05) is 0 Å². The van der Waals surface area contributed by atoms with E-state index in [0.717, 1.165) is 0 Å². The fourth-order valence-corrected chi connectivity index (χ4v) is 0. The van der Waals surface area contributed by atoms with E-state index >= 15 is 0 Å². The normalized spacial score (nSPS) is 7.50. The first-order chi connectivity index (χ1) is 1.91. The van der Waals surface area contributed by atoms with E-state index < -0.39 is 24.2 Å². The summed E-state index contributed by atoms with van der Waals surface area (Å²) in [6, 6.07) is 0. The van der Waals surface area contributed by atoms with Gasteiger partial charge in [0.25, 0.3) is 0 Å². The van der Waals surface area contributed by atoms with Crippen molar-refractivity contribution in [1.82, 2.24) is 3.33 Å². The van der Waals surface area contributed by atoms with E-state index in [1.807, 2.05) is 0 Å². The van der Waals surface area contributed by atoms with Crippen LogP contribution in [0.15, 0.2) is 0 Å². The molecule has 4 heteroatoms. The average Bonchev–Trinajstić information content (AvgIpc) is 1.37. The van der Waals surface area contributed by atoms with Crippen molar-refractivity contribution >= 4 is 24.2 Å². The fraction of sp³-hybridized carbons (Fsp3) is 0. The summed E-state index contributed by atoms with van der Waals surface area (Å²) in [4.78, 5) is 0. The Labute approximate surface area is 37.3 Å². The summed E-state index contributed by atoms with van der Waals surface area (Å²) < 4.78 is 7.33. The second-order valence-electron chi connectivity index (χ2n) is 0.236. The van der Waals surface area contributed by atoms with Gasteiger partial charge in [-0.1, -0.05) is 0 Å². The second kappa shape index (κ2) is 3.78. The molecule has 0 aliphatic carbocycles. The van der Waals surface area contributed by atoms with Gasteiger partial charge in [-0.3, -0.25) is 0 Å². The van der Waals surface area contributed by atoms with E-state index in [1.54, 1.807) is 0 Å². The van der Waals surface area contributed by atoms with Gasteiger partial charge in [0.1, 0.15) is 0 Å². The molecule has 0 atom stereocenters. The summed E-state index contributed by atoms with van der Waals surface area (Å²) in [6.07, 6.45) is 0. The van der Waals surface area contributed by atoms with Crippen LogP contribution in [-0.4, -0.2) is 24.2 Å². The molecule has 0 aliphatic heterocycles. The molecule has 0 spiro atoms. The topological polar surface area (TPSA) is 64.1 Å². The van der Waals surface area contributed by atoms with Crippen LogP contribution in [-0.2, 0) is 0 Å². The van der Waals surface area contributed by atoms with Gasteiger partial charge in [-0.05, 0) is 0 Å². The van der Waals surface area contributed by atoms with Crippen LogP contribution in [0.3, 0.4) is 0 Å². The van der Waals surface area contributed by atoms with E-state index in [4.69, 9.17) is 9.48 Å². The molecule has 0 aliphatic rings. The molecule has 0 amide bonds. The first kappa shape index (κ1) is 4.78. The fourth-order valence-electron chi connectivity index (χ4n) is 0. The molecule has 0 heterocycles. The minimum atomic E-state index is -0.727. The molecular weight excluding hydrogens is 251 g/mol. The summed E-state index contributed by atoms with van der Waals surface area (Å²) in [5.41, 5.74) is 0. The summed E-state index contributed by atoms with van der Waals surface area (Å²) >= 11 is -0.727. The van der Waals surface area contributed by atoms with Gasteiger partial charge in [-0.2, -0.15) is 0 Å². The van der Waals surface area contributed by atoms with Gasteiger partial charge < -0.3 is 0 Å². The molecule has 0 aromatic heterocycles.